The summed E-state index contributed by atoms with van der Waals surface area (Å²) in [4.78, 5) is 0. The predicted octanol–water partition coefficient (Wildman–Crippen LogP) is 4.11. The molecule has 0 aromatic heterocycles. The van der Waals surface area contributed by atoms with Gasteiger partial charge in [-0.1, -0.05) is 36.4 Å². The third kappa shape index (κ3) is 1.65. The average molecular weight is 216 g/mol. The van der Waals surface area contributed by atoms with Crippen molar-refractivity contribution in [2.24, 2.45) is 0 Å². The Morgan fingerprint density at radius 3 is 2.73 bits per heavy atom. The summed E-state index contributed by atoms with van der Waals surface area (Å²) in [6.45, 7) is 0. The topological polar surface area (TPSA) is 0 Å². The van der Waals surface area contributed by atoms with Crippen molar-refractivity contribution in [2.75, 3.05) is 0 Å². The van der Waals surface area contributed by atoms with Crippen molar-refractivity contribution < 1.29 is 0 Å². The Kier molecular flexibility index (Phi) is 2.41. The van der Waals surface area contributed by atoms with Crippen LogP contribution < -0.4 is 0 Å². The maximum Gasteiger partial charge on any atom is 0.0184 e. The van der Waals surface area contributed by atoms with Crippen LogP contribution in [0.2, 0.25) is 0 Å². The number of fused-ring (bicyclic) bond motifs is 1. The largest absolute Gasteiger partial charge is 0.206 e. The van der Waals surface area contributed by atoms with Crippen LogP contribution >= 0.6 is 10.9 Å². The first kappa shape index (κ1) is 9.29. The van der Waals surface area contributed by atoms with E-state index in [9.17, 15) is 0 Å². The zero-order chi connectivity index (χ0) is 10.1. The summed E-state index contributed by atoms with van der Waals surface area (Å²) in [7, 11) is -0.0110. The van der Waals surface area contributed by atoms with E-state index < -0.39 is 0 Å². The average Bonchev–Trinajstić information content (AvgIpc) is 2.82. The molecule has 1 aliphatic carbocycles. The smallest absolute Gasteiger partial charge is 0.0184 e. The molecule has 15 heavy (non-hydrogen) atoms. The van der Waals surface area contributed by atoms with E-state index in [0.717, 1.165) is 5.25 Å². The molecular weight excluding hydrogens is 200 g/mol. The lowest BCUT2D eigenvalue weighted by molar-refractivity contribution is 0.673. The van der Waals surface area contributed by atoms with Gasteiger partial charge in [0.2, 0.25) is 0 Å². The Labute approximate surface area is 94.1 Å². The summed E-state index contributed by atoms with van der Waals surface area (Å²) in [5.74, 6) is 0. The van der Waals surface area contributed by atoms with Crippen LogP contribution in [-0.2, 0) is 6.42 Å². The molecule has 2 aliphatic rings. The van der Waals surface area contributed by atoms with Crippen molar-refractivity contribution in [3.05, 3.63) is 58.4 Å². The minimum atomic E-state index is -0.0110. The highest BCUT2D eigenvalue weighted by atomic mass is 32.2. The molecule has 0 radical (unpaired) electrons. The molecule has 0 saturated carbocycles. The molecule has 1 heterocycles. The van der Waals surface area contributed by atoms with Crippen LogP contribution in [0.4, 0.5) is 0 Å². The van der Waals surface area contributed by atoms with Gasteiger partial charge in [0.25, 0.3) is 0 Å². The first-order valence-corrected chi connectivity index (χ1v) is 7.20. The molecule has 1 unspecified atom stereocenters. The Morgan fingerprint density at radius 1 is 1.07 bits per heavy atom. The third-order valence-corrected chi connectivity index (χ3v) is 5.61. The second-order valence-electron chi connectivity index (χ2n) is 4.24. The molecule has 0 nitrogen and oxygen atoms in total. The van der Waals surface area contributed by atoms with E-state index in [2.05, 4.69) is 47.2 Å². The van der Waals surface area contributed by atoms with Crippen molar-refractivity contribution in [3.8, 4) is 0 Å². The molecule has 0 N–H and O–H groups in total. The Bertz CT molecular complexity index is 405. The van der Waals surface area contributed by atoms with E-state index in [4.69, 9.17) is 0 Å². The highest BCUT2D eigenvalue weighted by Crippen LogP contribution is 2.52. The van der Waals surface area contributed by atoms with Gasteiger partial charge in [-0.2, -0.15) is 0 Å². The summed E-state index contributed by atoms with van der Waals surface area (Å²) in [5.41, 5.74) is 3.20. The fourth-order valence-corrected chi connectivity index (χ4v) is 4.76. The second kappa shape index (κ2) is 3.90. The van der Waals surface area contributed by atoms with E-state index >= 15 is 0 Å². The van der Waals surface area contributed by atoms with Crippen molar-refractivity contribution in [1.82, 2.24) is 0 Å². The van der Waals surface area contributed by atoms with Gasteiger partial charge in [-0.25, -0.2) is 10.9 Å². The molecule has 0 fully saturated rings. The molecule has 1 aliphatic heterocycles. The van der Waals surface area contributed by atoms with Gasteiger partial charge in [-0.15, -0.1) is 0 Å². The van der Waals surface area contributed by atoms with E-state index in [1.807, 2.05) is 0 Å². The lowest BCUT2D eigenvalue weighted by Crippen LogP contribution is -2.08. The molecule has 1 aromatic rings. The van der Waals surface area contributed by atoms with Crippen LogP contribution in [-0.4, -0.2) is 0 Å². The quantitative estimate of drug-likeness (QED) is 0.671. The van der Waals surface area contributed by atoms with Gasteiger partial charge in [0.15, 0.2) is 0 Å². The van der Waals surface area contributed by atoms with Gasteiger partial charge in [-0.05, 0) is 41.2 Å². The standard InChI is InChI=1S/C14H16S/c1-2-8-13-12(6-1)7-5-9-14(13)15-10-3-4-11-15/h1-4,6,8,10-11,14-15H,5,7,9H2. The summed E-state index contributed by atoms with van der Waals surface area (Å²) in [6.07, 6.45) is 8.44. The first-order valence-electron chi connectivity index (χ1n) is 5.65. The van der Waals surface area contributed by atoms with Gasteiger partial charge >= 0.3 is 0 Å². The molecule has 0 amide bonds. The van der Waals surface area contributed by atoms with Crippen molar-refractivity contribution in [3.63, 3.8) is 0 Å². The maximum absolute atomic E-state index is 2.40. The highest BCUT2D eigenvalue weighted by molar-refractivity contribution is 8.22. The molecule has 0 spiro atoms. The molecule has 1 atom stereocenters. The van der Waals surface area contributed by atoms with E-state index in [-0.39, 0.29) is 10.9 Å². The molecule has 0 saturated heterocycles. The van der Waals surface area contributed by atoms with Gasteiger partial charge in [-0.3, -0.25) is 0 Å². The normalized spacial score (nSPS) is 25.6. The third-order valence-electron chi connectivity index (χ3n) is 3.33. The van der Waals surface area contributed by atoms with Gasteiger partial charge in [0.1, 0.15) is 0 Å². The number of rotatable bonds is 1. The van der Waals surface area contributed by atoms with Crippen LogP contribution in [0.1, 0.15) is 29.2 Å². The molecule has 1 heteroatoms. The zero-order valence-electron chi connectivity index (χ0n) is 8.76. The monoisotopic (exact) mass is 216 g/mol. The minimum Gasteiger partial charge on any atom is -0.206 e. The van der Waals surface area contributed by atoms with Crippen molar-refractivity contribution >= 4 is 10.9 Å². The number of aryl methyl sites for hydroxylation is 1. The summed E-state index contributed by atoms with van der Waals surface area (Å²) >= 11 is 0. The Balaban J connectivity index is 1.98. The zero-order valence-corrected chi connectivity index (χ0v) is 9.66. The van der Waals surface area contributed by atoms with E-state index in [1.165, 1.54) is 19.3 Å². The molecule has 3 rings (SSSR count). The predicted molar refractivity (Wildman–Crippen MR) is 69.4 cm³/mol. The van der Waals surface area contributed by atoms with Crippen LogP contribution in [0.15, 0.2) is 47.2 Å². The minimum absolute atomic E-state index is 0.0110. The number of hydrogen-bond donors (Lipinski definition) is 1. The number of benzene rings is 1. The highest BCUT2D eigenvalue weighted by Gasteiger charge is 2.23. The SMILES string of the molecule is C1=C[SH](C2CCCc3ccccc32)C=C1. The Morgan fingerprint density at radius 2 is 1.87 bits per heavy atom. The number of hydrogen-bond acceptors (Lipinski definition) is 0. The molecular formula is C14H16S. The van der Waals surface area contributed by atoms with Crippen LogP contribution in [0, 0.1) is 0 Å². The first-order chi connectivity index (χ1) is 7.45. The molecule has 78 valence electrons. The van der Waals surface area contributed by atoms with Crippen LogP contribution in [0.5, 0.6) is 0 Å². The van der Waals surface area contributed by atoms with Gasteiger partial charge < -0.3 is 0 Å². The maximum atomic E-state index is 2.40. The van der Waals surface area contributed by atoms with Crippen LogP contribution in [0.3, 0.4) is 0 Å². The Hall–Kier alpha value is -0.950. The summed E-state index contributed by atoms with van der Waals surface area (Å²) in [6, 6.07) is 9.01. The van der Waals surface area contributed by atoms with E-state index in [0.29, 0.717) is 0 Å². The summed E-state index contributed by atoms with van der Waals surface area (Å²) in [5, 5.41) is 5.60. The second-order valence-corrected chi connectivity index (χ2v) is 6.35. The number of allylic oxidation sites excluding steroid dienone is 2. The number of thiol groups is 1. The molecule has 0 bridgehead atoms. The van der Waals surface area contributed by atoms with Gasteiger partial charge in [0, 0.05) is 5.25 Å². The lowest BCUT2D eigenvalue weighted by atomic mass is 9.91. The van der Waals surface area contributed by atoms with Crippen molar-refractivity contribution in [1.29, 1.82) is 0 Å². The van der Waals surface area contributed by atoms with Gasteiger partial charge in [0.05, 0.1) is 0 Å². The lowest BCUT2D eigenvalue weighted by Gasteiger charge is -2.30. The fraction of sp³-hybridized carbons (Fsp3) is 0.286. The van der Waals surface area contributed by atoms with Crippen LogP contribution in [0.25, 0.3) is 0 Å². The van der Waals surface area contributed by atoms with E-state index in [1.54, 1.807) is 11.1 Å². The molecule has 1 aromatic carbocycles. The fourth-order valence-electron chi connectivity index (χ4n) is 2.59. The summed E-state index contributed by atoms with van der Waals surface area (Å²) < 4.78 is 0. The van der Waals surface area contributed by atoms with Crippen molar-refractivity contribution in [2.45, 2.75) is 24.5 Å².